The van der Waals surface area contributed by atoms with E-state index in [-0.39, 0.29) is 36.4 Å². The van der Waals surface area contributed by atoms with E-state index in [2.05, 4.69) is 19.2 Å². The molecule has 0 aromatic carbocycles. The predicted molar refractivity (Wildman–Crippen MR) is 115 cm³/mol. The summed E-state index contributed by atoms with van der Waals surface area (Å²) in [6, 6.07) is -0.672. The number of carbonyl (C=O) groups is 3. The van der Waals surface area contributed by atoms with Gasteiger partial charge < -0.3 is 16.2 Å². The van der Waals surface area contributed by atoms with Gasteiger partial charge in [0.05, 0.1) is 18.1 Å². The van der Waals surface area contributed by atoms with Gasteiger partial charge in [0.1, 0.15) is 5.78 Å². The fraction of sp³-hybridized carbons (Fsp3) is 0.870. The van der Waals surface area contributed by atoms with E-state index in [4.69, 9.17) is 5.73 Å². The Morgan fingerprint density at radius 2 is 1.76 bits per heavy atom. The lowest BCUT2D eigenvalue weighted by Crippen LogP contribution is -2.48. The van der Waals surface area contributed by atoms with Crippen molar-refractivity contribution in [2.24, 2.45) is 35.3 Å². The first kappa shape index (κ1) is 25.8. The van der Waals surface area contributed by atoms with E-state index >= 15 is 0 Å². The minimum atomic E-state index is -0.957. The molecule has 0 aromatic heterocycles. The van der Waals surface area contributed by atoms with Crippen molar-refractivity contribution < 1.29 is 19.5 Å². The number of aliphatic hydroxyl groups is 1. The molecule has 1 unspecified atom stereocenters. The molecule has 0 saturated heterocycles. The molecule has 0 radical (unpaired) electrons. The third kappa shape index (κ3) is 8.55. The van der Waals surface area contributed by atoms with Gasteiger partial charge >= 0.3 is 0 Å². The van der Waals surface area contributed by atoms with Crippen molar-refractivity contribution in [3.63, 3.8) is 0 Å². The number of hydrogen-bond donors (Lipinski definition) is 3. The van der Waals surface area contributed by atoms with Gasteiger partial charge in [0.2, 0.25) is 5.91 Å². The Morgan fingerprint density at radius 1 is 1.10 bits per heavy atom. The highest BCUT2D eigenvalue weighted by Crippen LogP contribution is 2.34. The number of ketones is 2. The second kappa shape index (κ2) is 12.4. The summed E-state index contributed by atoms with van der Waals surface area (Å²) in [5, 5.41) is 12.9. The molecule has 0 bridgehead atoms. The Morgan fingerprint density at radius 3 is 2.28 bits per heavy atom. The first-order valence-corrected chi connectivity index (χ1v) is 11.3. The van der Waals surface area contributed by atoms with Crippen LogP contribution >= 0.6 is 0 Å². The lowest BCUT2D eigenvalue weighted by atomic mass is 9.74. The molecule has 0 heterocycles. The van der Waals surface area contributed by atoms with E-state index in [0.717, 1.165) is 25.7 Å². The molecule has 4 N–H and O–H groups in total. The smallest absolute Gasteiger partial charge is 0.226 e. The van der Waals surface area contributed by atoms with Gasteiger partial charge in [0.25, 0.3) is 0 Å². The lowest BCUT2D eigenvalue weighted by Gasteiger charge is -2.31. The fourth-order valence-electron chi connectivity index (χ4n) is 4.46. The predicted octanol–water partition coefficient (Wildman–Crippen LogP) is 2.85. The summed E-state index contributed by atoms with van der Waals surface area (Å²) < 4.78 is 0. The van der Waals surface area contributed by atoms with Crippen molar-refractivity contribution in [2.75, 3.05) is 6.54 Å². The molecule has 1 aliphatic carbocycles. The van der Waals surface area contributed by atoms with Crippen LogP contribution in [-0.4, -0.2) is 41.3 Å². The Balaban J connectivity index is 2.76. The molecule has 168 valence electrons. The summed E-state index contributed by atoms with van der Waals surface area (Å²) in [4.78, 5) is 38.1. The first-order valence-electron chi connectivity index (χ1n) is 11.3. The molecule has 1 rings (SSSR count). The van der Waals surface area contributed by atoms with Gasteiger partial charge in [-0.05, 0) is 51.0 Å². The molecule has 0 aliphatic heterocycles. The number of rotatable bonds is 12. The number of Topliss-reactive ketones (excluding diaryl/α,β-unsaturated/α-hetero) is 2. The summed E-state index contributed by atoms with van der Waals surface area (Å²) in [5.41, 5.74) is 5.60. The van der Waals surface area contributed by atoms with Crippen LogP contribution in [0.2, 0.25) is 0 Å². The zero-order valence-electron chi connectivity index (χ0n) is 18.9. The Hall–Kier alpha value is -1.27. The van der Waals surface area contributed by atoms with E-state index in [1.165, 1.54) is 13.3 Å². The molecule has 1 fully saturated rings. The molecular weight excluding hydrogens is 368 g/mol. The quantitative estimate of drug-likeness (QED) is 0.458. The largest absolute Gasteiger partial charge is 0.393 e. The van der Waals surface area contributed by atoms with Crippen molar-refractivity contribution in [1.82, 2.24) is 5.32 Å². The van der Waals surface area contributed by atoms with Crippen molar-refractivity contribution in [1.29, 1.82) is 0 Å². The average molecular weight is 411 g/mol. The number of carbonyl (C=O) groups excluding carboxylic acids is 3. The van der Waals surface area contributed by atoms with Crippen molar-refractivity contribution >= 4 is 17.5 Å². The number of hydrogen-bond acceptors (Lipinski definition) is 5. The zero-order chi connectivity index (χ0) is 22.1. The Labute approximate surface area is 176 Å². The summed E-state index contributed by atoms with van der Waals surface area (Å²) in [6.45, 7) is 9.78. The van der Waals surface area contributed by atoms with Gasteiger partial charge in [-0.15, -0.1) is 0 Å². The van der Waals surface area contributed by atoms with Gasteiger partial charge in [0.15, 0.2) is 5.78 Å². The van der Waals surface area contributed by atoms with Crippen LogP contribution in [0.5, 0.6) is 0 Å². The molecule has 1 aliphatic rings. The van der Waals surface area contributed by atoms with Crippen molar-refractivity contribution in [2.45, 2.75) is 91.7 Å². The van der Waals surface area contributed by atoms with Gasteiger partial charge in [-0.25, -0.2) is 0 Å². The molecular formula is C23H42N2O4. The van der Waals surface area contributed by atoms with Gasteiger partial charge in [0, 0.05) is 18.3 Å². The van der Waals surface area contributed by atoms with Crippen LogP contribution in [0.3, 0.4) is 0 Å². The van der Waals surface area contributed by atoms with E-state index < -0.39 is 24.0 Å². The minimum absolute atomic E-state index is 0.0216. The van der Waals surface area contributed by atoms with Crippen LogP contribution < -0.4 is 11.1 Å². The summed E-state index contributed by atoms with van der Waals surface area (Å²) >= 11 is 0. The minimum Gasteiger partial charge on any atom is -0.393 e. The Bertz CT molecular complexity index is 545. The molecule has 1 saturated carbocycles. The zero-order valence-corrected chi connectivity index (χ0v) is 18.9. The van der Waals surface area contributed by atoms with Gasteiger partial charge in [-0.1, -0.05) is 40.5 Å². The van der Waals surface area contributed by atoms with E-state index in [0.29, 0.717) is 18.3 Å². The summed E-state index contributed by atoms with van der Waals surface area (Å²) in [5.74, 6) is -0.369. The summed E-state index contributed by atoms with van der Waals surface area (Å²) in [7, 11) is 0. The molecule has 0 aromatic rings. The normalized spacial score (nSPS) is 22.9. The van der Waals surface area contributed by atoms with Gasteiger partial charge in [-0.2, -0.15) is 0 Å². The van der Waals surface area contributed by atoms with E-state index in [1.807, 2.05) is 0 Å². The topological polar surface area (TPSA) is 109 Å². The average Bonchev–Trinajstić information content (AvgIpc) is 2.64. The number of nitrogens with one attached hydrogen (secondary N) is 1. The number of amides is 1. The Kier molecular flexibility index (Phi) is 11.0. The van der Waals surface area contributed by atoms with Crippen LogP contribution in [0, 0.1) is 29.6 Å². The maximum absolute atomic E-state index is 12.9. The number of nitrogens with two attached hydrogens (primary N) is 1. The van der Waals surface area contributed by atoms with Crippen LogP contribution in [-0.2, 0) is 14.4 Å². The standard InChI is InChI=1S/C23H42N2O4/c1-14(2)11-17-7-6-8-18(12-17)21(27)13-19(16(5)26)23(29)25-20(9-10-24)22(28)15(3)4/h14-20,26H,6-13,24H2,1-5H3,(H,25,29)/t16?,17-,18+,19-,20-/m0/s1. The highest BCUT2D eigenvalue weighted by atomic mass is 16.3. The molecule has 5 atom stereocenters. The van der Waals surface area contributed by atoms with Crippen molar-refractivity contribution in [3.05, 3.63) is 0 Å². The monoisotopic (exact) mass is 410 g/mol. The van der Waals surface area contributed by atoms with Crippen molar-refractivity contribution in [3.8, 4) is 0 Å². The maximum atomic E-state index is 12.9. The molecule has 6 heteroatoms. The lowest BCUT2D eigenvalue weighted by molar-refractivity contribution is -0.137. The third-order valence-corrected chi connectivity index (χ3v) is 6.07. The van der Waals surface area contributed by atoms with Crippen LogP contribution in [0.15, 0.2) is 0 Å². The highest BCUT2D eigenvalue weighted by Gasteiger charge is 2.34. The second-order valence-electron chi connectivity index (χ2n) is 9.57. The SMILES string of the molecule is CC(C)C[C@@H]1CCC[C@@H](C(=O)C[C@H](C(=O)N[C@@H](CCN)C(=O)C(C)C)C(C)O)C1. The van der Waals surface area contributed by atoms with E-state index in [9.17, 15) is 19.5 Å². The van der Waals surface area contributed by atoms with E-state index in [1.54, 1.807) is 13.8 Å². The molecule has 1 amide bonds. The van der Waals surface area contributed by atoms with Crippen LogP contribution in [0.25, 0.3) is 0 Å². The van der Waals surface area contributed by atoms with Crippen LogP contribution in [0.1, 0.15) is 79.6 Å². The third-order valence-electron chi connectivity index (χ3n) is 6.07. The highest BCUT2D eigenvalue weighted by molar-refractivity contribution is 5.93. The van der Waals surface area contributed by atoms with Gasteiger partial charge in [-0.3, -0.25) is 14.4 Å². The van der Waals surface area contributed by atoms with Crippen LogP contribution in [0.4, 0.5) is 0 Å². The number of aliphatic hydroxyl groups excluding tert-OH is 1. The maximum Gasteiger partial charge on any atom is 0.226 e. The summed E-state index contributed by atoms with van der Waals surface area (Å²) in [6.07, 6.45) is 4.50. The fourth-order valence-corrected chi connectivity index (χ4v) is 4.46. The first-order chi connectivity index (χ1) is 13.6. The molecule has 6 nitrogen and oxygen atoms in total. The second-order valence-corrected chi connectivity index (χ2v) is 9.57. The molecule has 29 heavy (non-hydrogen) atoms. The molecule has 0 spiro atoms.